The third-order valence-electron chi connectivity index (χ3n) is 3.34. The second kappa shape index (κ2) is 5.86. The Morgan fingerprint density at radius 2 is 2.10 bits per heavy atom. The third-order valence-corrected chi connectivity index (χ3v) is 3.34. The molecule has 0 amide bonds. The summed E-state index contributed by atoms with van der Waals surface area (Å²) >= 11 is 0. The Labute approximate surface area is 118 Å². The lowest BCUT2D eigenvalue weighted by Gasteiger charge is -2.11. The highest BCUT2D eigenvalue weighted by atomic mass is 16.5. The van der Waals surface area contributed by atoms with E-state index in [4.69, 9.17) is 9.47 Å². The molecule has 1 aromatic carbocycles. The number of hydrogen-bond acceptors (Lipinski definition) is 4. The Morgan fingerprint density at radius 3 is 2.95 bits per heavy atom. The molecule has 5 nitrogen and oxygen atoms in total. The molecule has 0 saturated heterocycles. The predicted molar refractivity (Wildman–Crippen MR) is 77.3 cm³/mol. The van der Waals surface area contributed by atoms with Crippen LogP contribution in [0.5, 0.6) is 11.5 Å². The van der Waals surface area contributed by atoms with Crippen molar-refractivity contribution in [2.24, 2.45) is 0 Å². The molecule has 1 aliphatic rings. The number of imidazole rings is 1. The van der Waals surface area contributed by atoms with Crippen molar-refractivity contribution in [3.05, 3.63) is 36.4 Å². The van der Waals surface area contributed by atoms with Gasteiger partial charge in [0.05, 0.1) is 19.8 Å². The summed E-state index contributed by atoms with van der Waals surface area (Å²) in [5, 5.41) is 3.37. The molecule has 0 radical (unpaired) electrons. The Hall–Kier alpha value is -2.17. The van der Waals surface area contributed by atoms with E-state index in [1.807, 2.05) is 30.6 Å². The van der Waals surface area contributed by atoms with E-state index in [0.717, 1.165) is 36.0 Å². The van der Waals surface area contributed by atoms with Gasteiger partial charge in [-0.15, -0.1) is 0 Å². The number of aryl methyl sites for hydroxylation is 1. The zero-order valence-electron chi connectivity index (χ0n) is 11.6. The summed E-state index contributed by atoms with van der Waals surface area (Å²) in [5.41, 5.74) is 1.01. The van der Waals surface area contributed by atoms with Gasteiger partial charge in [-0.1, -0.05) is 0 Å². The molecule has 0 aliphatic carbocycles. The maximum atomic E-state index is 5.69. The molecule has 0 spiro atoms. The molecule has 20 heavy (non-hydrogen) atoms. The van der Waals surface area contributed by atoms with E-state index < -0.39 is 0 Å². The maximum absolute atomic E-state index is 5.69. The van der Waals surface area contributed by atoms with Crippen molar-refractivity contribution in [2.75, 3.05) is 18.5 Å². The van der Waals surface area contributed by atoms with Crippen LogP contribution in [0.15, 0.2) is 30.6 Å². The van der Waals surface area contributed by atoms with Crippen LogP contribution in [0.2, 0.25) is 0 Å². The van der Waals surface area contributed by atoms with E-state index in [-0.39, 0.29) is 0 Å². The summed E-state index contributed by atoms with van der Waals surface area (Å²) in [7, 11) is 0. The van der Waals surface area contributed by atoms with Gasteiger partial charge in [0.2, 0.25) is 0 Å². The quantitative estimate of drug-likeness (QED) is 0.930. The van der Waals surface area contributed by atoms with E-state index in [2.05, 4.69) is 21.8 Å². The van der Waals surface area contributed by atoms with Gasteiger partial charge in [-0.05, 0) is 19.1 Å². The van der Waals surface area contributed by atoms with Gasteiger partial charge in [0.1, 0.15) is 5.82 Å². The minimum absolute atomic E-state index is 0.695. The number of fused-ring (bicyclic) bond motifs is 1. The van der Waals surface area contributed by atoms with Crippen LogP contribution in [-0.2, 0) is 13.1 Å². The molecule has 2 heterocycles. The Bertz CT molecular complexity index is 580. The summed E-state index contributed by atoms with van der Waals surface area (Å²) in [6.45, 7) is 5.15. The first-order chi connectivity index (χ1) is 9.86. The van der Waals surface area contributed by atoms with Crippen LogP contribution < -0.4 is 14.8 Å². The zero-order valence-corrected chi connectivity index (χ0v) is 11.6. The largest absolute Gasteiger partial charge is 0.490 e. The van der Waals surface area contributed by atoms with Crippen LogP contribution >= 0.6 is 0 Å². The maximum Gasteiger partial charge on any atom is 0.163 e. The second-order valence-electron chi connectivity index (χ2n) is 4.70. The molecular weight excluding hydrogens is 254 g/mol. The van der Waals surface area contributed by atoms with Gasteiger partial charge < -0.3 is 19.4 Å². The van der Waals surface area contributed by atoms with Gasteiger partial charge in [0.15, 0.2) is 11.5 Å². The average molecular weight is 273 g/mol. The lowest BCUT2D eigenvalue weighted by atomic mass is 10.2. The lowest BCUT2D eigenvalue weighted by Crippen LogP contribution is -2.07. The van der Waals surface area contributed by atoms with Crippen molar-refractivity contribution >= 4 is 5.69 Å². The number of rotatable bonds is 4. The monoisotopic (exact) mass is 273 g/mol. The third kappa shape index (κ3) is 2.71. The Morgan fingerprint density at radius 1 is 1.25 bits per heavy atom. The van der Waals surface area contributed by atoms with Gasteiger partial charge in [-0.3, -0.25) is 0 Å². The fraction of sp³-hybridized carbons (Fsp3) is 0.400. The van der Waals surface area contributed by atoms with Crippen LogP contribution in [0.4, 0.5) is 5.69 Å². The Balaban J connectivity index is 1.70. The Kier molecular flexibility index (Phi) is 3.76. The van der Waals surface area contributed by atoms with Crippen molar-refractivity contribution in [3.8, 4) is 11.5 Å². The molecule has 2 aromatic rings. The molecule has 106 valence electrons. The standard InChI is InChI=1S/C15H19N3O2/c1-2-18-7-6-16-15(18)11-17-12-4-5-13-14(10-12)20-9-3-8-19-13/h4-7,10,17H,2-3,8-9,11H2,1H3. The van der Waals surface area contributed by atoms with Crippen molar-refractivity contribution in [1.82, 2.24) is 9.55 Å². The molecule has 1 aromatic heterocycles. The van der Waals surface area contributed by atoms with E-state index in [1.54, 1.807) is 0 Å². The number of anilines is 1. The van der Waals surface area contributed by atoms with Gasteiger partial charge in [-0.2, -0.15) is 0 Å². The highest BCUT2D eigenvalue weighted by Crippen LogP contribution is 2.32. The molecular formula is C15H19N3O2. The zero-order chi connectivity index (χ0) is 13.8. The van der Waals surface area contributed by atoms with Crippen molar-refractivity contribution < 1.29 is 9.47 Å². The molecule has 0 atom stereocenters. The first kappa shape index (κ1) is 12.8. The number of hydrogen-bond donors (Lipinski definition) is 1. The predicted octanol–water partition coefficient (Wildman–Crippen LogP) is 2.68. The van der Waals surface area contributed by atoms with Gasteiger partial charge in [-0.25, -0.2) is 4.98 Å². The summed E-state index contributed by atoms with van der Waals surface area (Å²) < 4.78 is 13.4. The molecule has 0 fully saturated rings. The van der Waals surface area contributed by atoms with E-state index in [1.165, 1.54) is 0 Å². The van der Waals surface area contributed by atoms with Crippen LogP contribution in [0.25, 0.3) is 0 Å². The normalized spacial score (nSPS) is 13.8. The smallest absolute Gasteiger partial charge is 0.163 e. The first-order valence-electron chi connectivity index (χ1n) is 7.00. The minimum Gasteiger partial charge on any atom is -0.490 e. The summed E-state index contributed by atoms with van der Waals surface area (Å²) in [4.78, 5) is 4.35. The van der Waals surface area contributed by atoms with Gasteiger partial charge in [0, 0.05) is 37.1 Å². The summed E-state index contributed by atoms with van der Waals surface area (Å²) in [6, 6.07) is 5.95. The number of aromatic nitrogens is 2. The number of nitrogens with zero attached hydrogens (tertiary/aromatic N) is 2. The van der Waals surface area contributed by atoms with Gasteiger partial charge in [0.25, 0.3) is 0 Å². The number of ether oxygens (including phenoxy) is 2. The lowest BCUT2D eigenvalue weighted by molar-refractivity contribution is 0.297. The highest BCUT2D eigenvalue weighted by molar-refractivity contribution is 5.55. The van der Waals surface area contributed by atoms with Crippen LogP contribution in [0, 0.1) is 0 Å². The molecule has 1 N–H and O–H groups in total. The van der Waals surface area contributed by atoms with E-state index >= 15 is 0 Å². The minimum atomic E-state index is 0.695. The van der Waals surface area contributed by atoms with Crippen molar-refractivity contribution in [3.63, 3.8) is 0 Å². The highest BCUT2D eigenvalue weighted by Gasteiger charge is 2.10. The van der Waals surface area contributed by atoms with Crippen LogP contribution in [0.3, 0.4) is 0 Å². The number of nitrogens with one attached hydrogen (secondary N) is 1. The first-order valence-corrected chi connectivity index (χ1v) is 7.00. The molecule has 0 saturated carbocycles. The molecule has 5 heteroatoms. The summed E-state index contributed by atoms with van der Waals surface area (Å²) in [6.07, 6.45) is 4.74. The van der Waals surface area contributed by atoms with Crippen molar-refractivity contribution in [1.29, 1.82) is 0 Å². The topological polar surface area (TPSA) is 48.3 Å². The van der Waals surface area contributed by atoms with Crippen LogP contribution in [0.1, 0.15) is 19.2 Å². The van der Waals surface area contributed by atoms with Crippen molar-refractivity contribution in [2.45, 2.75) is 26.4 Å². The van der Waals surface area contributed by atoms with E-state index in [9.17, 15) is 0 Å². The van der Waals surface area contributed by atoms with Gasteiger partial charge >= 0.3 is 0 Å². The second-order valence-corrected chi connectivity index (χ2v) is 4.70. The van der Waals surface area contributed by atoms with Crippen LogP contribution in [-0.4, -0.2) is 22.8 Å². The molecule has 3 rings (SSSR count). The molecule has 0 bridgehead atoms. The average Bonchev–Trinajstić information content (AvgIpc) is 2.81. The van der Waals surface area contributed by atoms with E-state index in [0.29, 0.717) is 19.8 Å². The molecule has 0 unspecified atom stereocenters. The molecule has 1 aliphatic heterocycles. The fourth-order valence-corrected chi connectivity index (χ4v) is 2.25. The SMILES string of the molecule is CCn1ccnc1CNc1ccc2c(c1)OCCCO2. The number of benzene rings is 1. The fourth-order valence-electron chi connectivity index (χ4n) is 2.25. The summed E-state index contributed by atoms with van der Waals surface area (Å²) in [5.74, 6) is 2.66.